The number of rotatable bonds is 15. The molecule has 2 aliphatic rings. The van der Waals surface area contributed by atoms with Crippen molar-refractivity contribution in [1.29, 1.82) is 0 Å². The van der Waals surface area contributed by atoms with Crippen LogP contribution >= 0.6 is 22.9 Å². The maximum Gasteiger partial charge on any atom is 0.257 e. The first-order chi connectivity index (χ1) is 28.8. The average molecular weight is 848 g/mol. The number of nitrogens with one attached hydrogen (secondary N) is 3. The molecule has 0 fully saturated rings. The highest BCUT2D eigenvalue weighted by atomic mass is 35.5. The van der Waals surface area contributed by atoms with Gasteiger partial charge < -0.3 is 20.7 Å². The molecule has 3 aromatic carbocycles. The summed E-state index contributed by atoms with van der Waals surface area (Å²) in [6.07, 6.45) is 1.45. The van der Waals surface area contributed by atoms with Gasteiger partial charge in [0.25, 0.3) is 11.8 Å². The fourth-order valence-corrected chi connectivity index (χ4v) is 8.80. The second-order valence-electron chi connectivity index (χ2n) is 15.8. The zero-order chi connectivity index (χ0) is 42.7. The van der Waals surface area contributed by atoms with Crippen LogP contribution in [0.1, 0.15) is 125 Å². The smallest absolute Gasteiger partial charge is 0.257 e. The van der Waals surface area contributed by atoms with Gasteiger partial charge >= 0.3 is 0 Å². The van der Waals surface area contributed by atoms with Crippen molar-refractivity contribution in [2.75, 3.05) is 19.7 Å². The molecule has 3 N–H and O–H groups in total. The van der Waals surface area contributed by atoms with Gasteiger partial charge in [0, 0.05) is 51.8 Å². The molecule has 0 radical (unpaired) electrons. The van der Waals surface area contributed by atoms with Gasteiger partial charge in [0.15, 0.2) is 12.4 Å². The lowest BCUT2D eigenvalue weighted by molar-refractivity contribution is -0.123. The van der Waals surface area contributed by atoms with Crippen LogP contribution in [0.15, 0.2) is 69.8 Å². The van der Waals surface area contributed by atoms with Crippen molar-refractivity contribution >= 4 is 57.7 Å². The van der Waals surface area contributed by atoms with Crippen LogP contribution < -0.4 is 20.7 Å². The number of nitrogens with zero attached hydrogens (tertiary/aromatic N) is 6. The average Bonchev–Trinajstić information content (AvgIpc) is 3.86. The topological polar surface area (TPSA) is 164 Å². The van der Waals surface area contributed by atoms with Gasteiger partial charge in [-0.1, -0.05) is 57.5 Å². The number of azo groups is 1. The molecule has 7 rings (SSSR count). The van der Waals surface area contributed by atoms with Crippen molar-refractivity contribution in [3.05, 3.63) is 115 Å². The molecule has 0 bridgehead atoms. The summed E-state index contributed by atoms with van der Waals surface area (Å²) in [5.41, 5.74) is 8.51. The number of aliphatic imine (C=N–C) groups is 1. The van der Waals surface area contributed by atoms with Crippen molar-refractivity contribution in [2.24, 2.45) is 15.2 Å². The second kappa shape index (κ2) is 18.3. The van der Waals surface area contributed by atoms with E-state index in [1.807, 2.05) is 60.0 Å². The van der Waals surface area contributed by atoms with Crippen molar-refractivity contribution in [1.82, 2.24) is 30.7 Å². The summed E-state index contributed by atoms with van der Waals surface area (Å²) in [7, 11) is 0. The van der Waals surface area contributed by atoms with E-state index in [1.54, 1.807) is 17.4 Å². The van der Waals surface area contributed by atoms with Crippen molar-refractivity contribution in [3.63, 3.8) is 0 Å². The molecule has 60 heavy (non-hydrogen) atoms. The third kappa shape index (κ3) is 9.04. The zero-order valence-electron chi connectivity index (χ0n) is 35.0. The molecule has 3 amide bonds. The molecule has 0 saturated carbocycles. The third-order valence-corrected chi connectivity index (χ3v) is 12.2. The Hall–Kier alpha value is -5.73. The molecule has 0 spiro atoms. The van der Waals surface area contributed by atoms with Crippen LogP contribution in [0.5, 0.6) is 5.75 Å². The van der Waals surface area contributed by atoms with Crippen LogP contribution in [-0.4, -0.2) is 57.9 Å². The fourth-order valence-electron chi connectivity index (χ4n) is 7.46. The molecule has 0 aliphatic carbocycles. The third-order valence-electron chi connectivity index (χ3n) is 10.8. The fraction of sp³-hybridized carbons (Fsp3) is 0.378. The predicted octanol–water partition coefficient (Wildman–Crippen LogP) is 9.19. The summed E-state index contributed by atoms with van der Waals surface area (Å²) in [4.78, 5) is 44.8. The summed E-state index contributed by atoms with van der Waals surface area (Å²) in [5, 5.41) is 28.4. The molecule has 2 aliphatic heterocycles. The molecular weight excluding hydrogens is 798 g/mol. The van der Waals surface area contributed by atoms with Gasteiger partial charge in [-0.05, 0) is 98.5 Å². The van der Waals surface area contributed by atoms with Crippen molar-refractivity contribution < 1.29 is 19.1 Å². The van der Waals surface area contributed by atoms with E-state index in [4.69, 9.17) is 21.3 Å². The Labute approximate surface area is 359 Å². The lowest BCUT2D eigenvalue weighted by atomic mass is 9.93. The first-order valence-electron chi connectivity index (χ1n) is 20.3. The van der Waals surface area contributed by atoms with Crippen LogP contribution in [0, 0.1) is 20.8 Å². The second-order valence-corrected chi connectivity index (χ2v) is 17.4. The van der Waals surface area contributed by atoms with E-state index < -0.39 is 6.04 Å². The quantitative estimate of drug-likeness (QED) is 0.0703. The van der Waals surface area contributed by atoms with Gasteiger partial charge in [-0.15, -0.1) is 21.5 Å². The molecular formula is C45H50ClN9O4S. The number of unbranched alkanes of at least 4 members (excludes halogenated alkanes) is 1. The number of fused-ring (bicyclic) bond motifs is 4. The lowest BCUT2D eigenvalue weighted by Crippen LogP contribution is -2.31. The summed E-state index contributed by atoms with van der Waals surface area (Å²) >= 11 is 7.91. The van der Waals surface area contributed by atoms with E-state index in [9.17, 15) is 14.4 Å². The first-order valence-corrected chi connectivity index (χ1v) is 21.5. The summed E-state index contributed by atoms with van der Waals surface area (Å²) in [5.74, 6) is 1.76. The maximum atomic E-state index is 13.4. The molecule has 5 aromatic rings. The molecule has 312 valence electrons. The van der Waals surface area contributed by atoms with E-state index in [1.165, 1.54) is 4.88 Å². The minimum absolute atomic E-state index is 0.0956. The zero-order valence-corrected chi connectivity index (χ0v) is 36.6. The molecule has 1 atom stereocenters. The number of carbonyl (C=O) groups is 3. The monoisotopic (exact) mass is 847 g/mol. The SMILES string of the molecule is Cc1sc2c(c1C)C(c1ccc(Cl)cc1)=N[C@@H](CC(=O)NCCCCNC(=O)COc1c(C(C)C)cc(N=Nc3cccc4c3CNC4=O)cc1C(C)C)c1nnc(C)n1-2. The Kier molecular flexibility index (Phi) is 12.9. The minimum atomic E-state index is -0.552. The van der Waals surface area contributed by atoms with Crippen molar-refractivity contribution in [2.45, 2.75) is 92.2 Å². The number of hydrogen-bond acceptors (Lipinski definition) is 10. The number of benzene rings is 3. The van der Waals surface area contributed by atoms with Gasteiger partial charge in [-0.25, -0.2) is 0 Å². The first kappa shape index (κ1) is 42.4. The van der Waals surface area contributed by atoms with Gasteiger partial charge in [0.2, 0.25) is 5.91 Å². The minimum Gasteiger partial charge on any atom is -0.483 e. The molecule has 4 heterocycles. The van der Waals surface area contributed by atoms with Crippen LogP contribution in [-0.2, 0) is 16.1 Å². The van der Waals surface area contributed by atoms with E-state index in [0.717, 1.165) is 49.9 Å². The Bertz CT molecular complexity index is 2470. The van der Waals surface area contributed by atoms with Crippen LogP contribution in [0.25, 0.3) is 5.00 Å². The standard InChI is InChI=1S/C45H50ClN9O4S/c1-24(2)33-19-31(52-53-36-12-10-11-32-35(36)22-49-44(32)58)20-34(25(3)4)42(33)59-23-39(57)48-18-9-8-17-47-38(56)21-37-43-54-51-28(7)55(43)45-40(26(5)27(6)60-45)41(50-37)29-13-15-30(46)16-14-29/h10-16,19-20,24-25,37H,8-9,17-18,21-23H2,1-7H3,(H,47,56)(H,48,57)(H,49,58)/t37-/m0/s1. The Balaban J connectivity index is 0.927. The molecule has 13 nitrogen and oxygen atoms in total. The van der Waals surface area contributed by atoms with Crippen LogP contribution in [0.2, 0.25) is 5.02 Å². The Morgan fingerprint density at radius 3 is 2.32 bits per heavy atom. The van der Waals surface area contributed by atoms with Gasteiger partial charge in [0.05, 0.1) is 23.5 Å². The van der Waals surface area contributed by atoms with E-state index in [0.29, 0.717) is 66.0 Å². The van der Waals surface area contributed by atoms with Crippen molar-refractivity contribution in [3.8, 4) is 10.8 Å². The highest BCUT2D eigenvalue weighted by Gasteiger charge is 2.32. The molecule has 2 aromatic heterocycles. The van der Waals surface area contributed by atoms with Crippen LogP contribution in [0.3, 0.4) is 0 Å². The van der Waals surface area contributed by atoms with E-state index in [-0.39, 0.29) is 42.6 Å². The normalized spacial score (nSPS) is 14.5. The van der Waals surface area contributed by atoms with Gasteiger partial charge in [-0.2, -0.15) is 10.2 Å². The van der Waals surface area contributed by atoms with Gasteiger partial charge in [-0.3, -0.25) is 23.9 Å². The number of hydrogen-bond donors (Lipinski definition) is 3. The van der Waals surface area contributed by atoms with E-state index in [2.05, 4.69) is 77.9 Å². The maximum absolute atomic E-state index is 13.4. The van der Waals surface area contributed by atoms with Gasteiger partial charge in [0.1, 0.15) is 22.6 Å². The highest BCUT2D eigenvalue weighted by Crippen LogP contribution is 2.41. The molecule has 0 saturated heterocycles. The van der Waals surface area contributed by atoms with Crippen LogP contribution in [0.4, 0.5) is 11.4 Å². The number of amides is 3. The summed E-state index contributed by atoms with van der Waals surface area (Å²) < 4.78 is 8.25. The molecule has 0 unspecified atom stereocenters. The largest absolute Gasteiger partial charge is 0.483 e. The Morgan fingerprint density at radius 1 is 0.950 bits per heavy atom. The molecule has 15 heteroatoms. The lowest BCUT2D eigenvalue weighted by Gasteiger charge is -2.20. The number of carbonyl (C=O) groups excluding carboxylic acids is 3. The highest BCUT2D eigenvalue weighted by molar-refractivity contribution is 7.15. The summed E-state index contributed by atoms with van der Waals surface area (Å²) in [6.45, 7) is 15.6. The Morgan fingerprint density at radius 2 is 1.63 bits per heavy atom. The number of aryl methyl sites for hydroxylation is 2. The predicted molar refractivity (Wildman–Crippen MR) is 235 cm³/mol. The number of aromatic nitrogens is 3. The summed E-state index contributed by atoms with van der Waals surface area (Å²) in [6, 6.07) is 16.4. The van der Waals surface area contributed by atoms with E-state index >= 15 is 0 Å². The number of thiophene rings is 1. The number of ether oxygens (including phenoxy) is 1. The number of halogens is 1.